The molecule has 3 N–H and O–H groups in total. The van der Waals surface area contributed by atoms with Crippen LogP contribution in [0.1, 0.15) is 39.0 Å². The van der Waals surface area contributed by atoms with Gasteiger partial charge in [-0.1, -0.05) is 13.3 Å². The van der Waals surface area contributed by atoms with Crippen molar-refractivity contribution in [2.45, 2.75) is 63.8 Å². The Bertz CT molecular complexity index is 741. The largest absolute Gasteiger partial charge is 0.394 e. The maximum Gasteiger partial charge on any atom is 0.260 e. The lowest BCUT2D eigenvalue weighted by atomic mass is 10.0. The number of ether oxygens (including phenoxy) is 3. The lowest BCUT2D eigenvalue weighted by Gasteiger charge is -2.30. The Kier molecular flexibility index (Phi) is 12.0. The third-order valence-corrected chi connectivity index (χ3v) is 5.50. The number of carbonyl (C=O) groups is 4. The number of nitrogens with one attached hydrogen (secondary N) is 2. The molecule has 0 aromatic rings. The average molecular weight is 483 g/mol. The molecule has 0 spiro atoms. The molecule has 190 valence electrons. The molecule has 1 fully saturated rings. The predicted octanol–water partition coefficient (Wildman–Crippen LogP) is -0.537. The molecule has 12 heteroatoms. The highest BCUT2D eigenvalue weighted by Gasteiger charge is 2.31. The molecule has 3 amide bonds. The summed E-state index contributed by atoms with van der Waals surface area (Å²) in [5.74, 6) is -1.65. The van der Waals surface area contributed by atoms with Crippen molar-refractivity contribution in [3.8, 4) is 0 Å². The number of hydrogen-bond acceptors (Lipinski definition) is 11. The van der Waals surface area contributed by atoms with E-state index < -0.39 is 42.8 Å². The molecule has 0 aliphatic carbocycles. The Morgan fingerprint density at radius 1 is 1.35 bits per heavy atom. The summed E-state index contributed by atoms with van der Waals surface area (Å²) in [6.45, 7) is 2.66. The monoisotopic (exact) mass is 482 g/mol. The highest BCUT2D eigenvalue weighted by Crippen LogP contribution is 2.19. The molecule has 1 saturated heterocycles. The molecule has 0 bridgehead atoms. The van der Waals surface area contributed by atoms with Gasteiger partial charge in [-0.2, -0.15) is 5.10 Å². The Hall–Kier alpha value is -2.51. The quantitative estimate of drug-likeness (QED) is 0.0734. The number of aldehydes is 1. The summed E-state index contributed by atoms with van der Waals surface area (Å²) in [6, 6.07) is 0. The maximum atomic E-state index is 12.0. The summed E-state index contributed by atoms with van der Waals surface area (Å²) in [7, 11) is 1.38. The molecule has 0 radical (unpaired) electrons. The van der Waals surface area contributed by atoms with Gasteiger partial charge in [0, 0.05) is 32.2 Å². The van der Waals surface area contributed by atoms with Gasteiger partial charge in [-0.25, -0.2) is 4.90 Å². The van der Waals surface area contributed by atoms with Gasteiger partial charge in [0.15, 0.2) is 12.6 Å². The molecular formula is C22H34N4O8. The second-order valence-electron chi connectivity index (χ2n) is 8.07. The van der Waals surface area contributed by atoms with Crippen molar-refractivity contribution in [1.29, 1.82) is 0 Å². The summed E-state index contributed by atoms with van der Waals surface area (Å²) in [4.78, 5) is 47.2. The molecule has 2 aliphatic heterocycles. The fraction of sp³-hybridized carbons (Fsp3) is 0.682. The van der Waals surface area contributed by atoms with Gasteiger partial charge in [0.2, 0.25) is 5.91 Å². The van der Waals surface area contributed by atoms with E-state index in [1.807, 2.05) is 6.92 Å². The number of methoxy groups -OCH3 is 1. The molecule has 0 unspecified atom stereocenters. The van der Waals surface area contributed by atoms with E-state index >= 15 is 0 Å². The van der Waals surface area contributed by atoms with Crippen LogP contribution < -0.4 is 10.7 Å². The number of amides is 3. The first-order chi connectivity index (χ1) is 16.4. The van der Waals surface area contributed by atoms with Crippen LogP contribution in [-0.2, 0) is 33.4 Å². The molecule has 0 saturated carbocycles. The van der Waals surface area contributed by atoms with Gasteiger partial charge in [0.05, 0.1) is 12.8 Å². The minimum absolute atomic E-state index is 0.00947. The number of aliphatic hydroxyl groups is 1. The highest BCUT2D eigenvalue weighted by molar-refractivity contribution is 6.22. The topological polar surface area (TPSA) is 156 Å². The molecule has 34 heavy (non-hydrogen) atoms. The molecule has 5 atom stereocenters. The molecular weight excluding hydrogens is 448 g/mol. The smallest absolute Gasteiger partial charge is 0.260 e. The van der Waals surface area contributed by atoms with E-state index in [9.17, 15) is 24.3 Å². The SMILES string of the molecule is CO[C@@H](/C=N\NCCCC(=O)N1C(=O)C=CC1=O)O[C@H](CO)[C@H](C=O)O[C@@H]1NCCCC[C@H]1C. The van der Waals surface area contributed by atoms with Gasteiger partial charge in [-0.15, -0.1) is 0 Å². The van der Waals surface area contributed by atoms with E-state index in [0.717, 1.165) is 38.0 Å². The predicted molar refractivity (Wildman–Crippen MR) is 120 cm³/mol. The van der Waals surface area contributed by atoms with Crippen LogP contribution in [0, 0.1) is 5.92 Å². The van der Waals surface area contributed by atoms with Crippen molar-refractivity contribution in [2.24, 2.45) is 11.0 Å². The number of hydrogen-bond donors (Lipinski definition) is 3. The van der Waals surface area contributed by atoms with Crippen molar-refractivity contribution in [3.63, 3.8) is 0 Å². The van der Waals surface area contributed by atoms with E-state index in [-0.39, 0.29) is 25.1 Å². The van der Waals surface area contributed by atoms with E-state index in [4.69, 9.17) is 14.2 Å². The van der Waals surface area contributed by atoms with E-state index in [1.165, 1.54) is 13.3 Å². The number of rotatable bonds is 14. The lowest BCUT2D eigenvalue weighted by Crippen LogP contribution is -2.46. The van der Waals surface area contributed by atoms with Crippen LogP contribution in [0.5, 0.6) is 0 Å². The van der Waals surface area contributed by atoms with Crippen molar-refractivity contribution < 1.29 is 38.5 Å². The van der Waals surface area contributed by atoms with Crippen LogP contribution in [0.25, 0.3) is 0 Å². The molecule has 0 aromatic heterocycles. The first-order valence-electron chi connectivity index (χ1n) is 11.4. The zero-order chi connectivity index (χ0) is 24.9. The van der Waals surface area contributed by atoms with Crippen LogP contribution in [0.3, 0.4) is 0 Å². The lowest BCUT2D eigenvalue weighted by molar-refractivity contribution is -0.182. The fourth-order valence-corrected chi connectivity index (χ4v) is 3.55. The number of imide groups is 3. The van der Waals surface area contributed by atoms with Gasteiger partial charge >= 0.3 is 0 Å². The van der Waals surface area contributed by atoms with Crippen molar-refractivity contribution in [3.05, 3.63) is 12.2 Å². The third kappa shape index (κ3) is 8.37. The number of hydrazone groups is 1. The van der Waals surface area contributed by atoms with E-state index in [1.54, 1.807) is 0 Å². The Morgan fingerprint density at radius 2 is 2.09 bits per heavy atom. The van der Waals surface area contributed by atoms with E-state index in [2.05, 4.69) is 15.8 Å². The zero-order valence-corrected chi connectivity index (χ0v) is 19.6. The van der Waals surface area contributed by atoms with Gasteiger partial charge in [-0.3, -0.25) is 19.7 Å². The summed E-state index contributed by atoms with van der Waals surface area (Å²) in [5, 5.41) is 17.0. The normalized spacial score (nSPS) is 23.7. The van der Waals surface area contributed by atoms with Crippen molar-refractivity contribution in [2.75, 3.05) is 26.8 Å². The Morgan fingerprint density at radius 3 is 2.74 bits per heavy atom. The van der Waals surface area contributed by atoms with Crippen LogP contribution >= 0.6 is 0 Å². The van der Waals surface area contributed by atoms with Gasteiger partial charge in [0.25, 0.3) is 11.8 Å². The third-order valence-electron chi connectivity index (χ3n) is 5.50. The van der Waals surface area contributed by atoms with Gasteiger partial charge in [-0.05, 0) is 31.7 Å². The Balaban J connectivity index is 1.77. The first kappa shape index (κ1) is 27.7. The summed E-state index contributed by atoms with van der Waals surface area (Å²) in [5.41, 5.74) is 2.71. The summed E-state index contributed by atoms with van der Waals surface area (Å²) in [6.07, 6.45) is 4.16. The zero-order valence-electron chi connectivity index (χ0n) is 19.6. The van der Waals surface area contributed by atoms with Crippen LogP contribution in [0.2, 0.25) is 0 Å². The second-order valence-corrected chi connectivity index (χ2v) is 8.07. The first-order valence-corrected chi connectivity index (χ1v) is 11.4. The van der Waals surface area contributed by atoms with Crippen LogP contribution in [0.15, 0.2) is 17.3 Å². The highest BCUT2D eigenvalue weighted by atomic mass is 16.7. The molecule has 12 nitrogen and oxygen atoms in total. The minimum Gasteiger partial charge on any atom is -0.394 e. The van der Waals surface area contributed by atoms with Crippen molar-refractivity contribution in [1.82, 2.24) is 15.6 Å². The maximum absolute atomic E-state index is 12.0. The van der Waals surface area contributed by atoms with Crippen LogP contribution in [-0.4, -0.2) is 91.8 Å². The summed E-state index contributed by atoms with van der Waals surface area (Å²) < 4.78 is 16.7. The van der Waals surface area contributed by atoms with Crippen LogP contribution in [0.4, 0.5) is 0 Å². The number of aliphatic hydroxyl groups excluding tert-OH is 1. The molecule has 2 rings (SSSR count). The van der Waals surface area contributed by atoms with Gasteiger partial charge in [0.1, 0.15) is 18.4 Å². The number of nitrogens with zero attached hydrogens (tertiary/aromatic N) is 2. The van der Waals surface area contributed by atoms with Crippen molar-refractivity contribution >= 4 is 30.2 Å². The molecule has 2 aliphatic rings. The second kappa shape index (κ2) is 14.7. The van der Waals surface area contributed by atoms with Gasteiger partial charge < -0.3 is 29.5 Å². The fourth-order valence-electron chi connectivity index (χ4n) is 3.55. The standard InChI is InChI=1S/C22H34N4O8/c1-15-6-3-4-10-23-22(15)34-17(14-28)16(13-27)33-21(32-2)12-25-24-11-5-7-18(29)26-19(30)8-9-20(26)31/h8-9,12,14-17,21-24,27H,3-7,10-11,13H2,1-2H3/b25-12-/t15-,16-,17+,21-,22+/m1/s1. The molecule has 2 heterocycles. The summed E-state index contributed by atoms with van der Waals surface area (Å²) >= 11 is 0. The van der Waals surface area contributed by atoms with E-state index in [0.29, 0.717) is 17.6 Å². The average Bonchev–Trinajstić information content (AvgIpc) is 3.03. The Labute approximate surface area is 198 Å². The molecule has 0 aromatic carbocycles. The number of carbonyl (C=O) groups excluding carboxylic acids is 4. The minimum atomic E-state index is -1.00.